The van der Waals surface area contributed by atoms with Crippen LogP contribution >= 0.6 is 0 Å². The molecule has 0 unspecified atom stereocenters. The van der Waals surface area contributed by atoms with Crippen LogP contribution < -0.4 is 5.32 Å². The second-order valence-electron chi connectivity index (χ2n) is 5.02. The van der Waals surface area contributed by atoms with E-state index in [1.807, 2.05) is 30.3 Å². The van der Waals surface area contributed by atoms with Crippen molar-refractivity contribution in [2.24, 2.45) is 0 Å². The van der Waals surface area contributed by atoms with E-state index in [0.29, 0.717) is 37.8 Å². The maximum atomic E-state index is 11.7. The van der Waals surface area contributed by atoms with E-state index in [2.05, 4.69) is 15.5 Å². The van der Waals surface area contributed by atoms with Crippen LogP contribution in [0.3, 0.4) is 0 Å². The number of amides is 2. The largest absolute Gasteiger partial charge is 0.448 e. The van der Waals surface area contributed by atoms with Gasteiger partial charge in [-0.1, -0.05) is 23.4 Å². The molecule has 1 aromatic heterocycles. The van der Waals surface area contributed by atoms with Crippen molar-refractivity contribution in [3.05, 3.63) is 36.2 Å². The van der Waals surface area contributed by atoms with Gasteiger partial charge in [-0.25, -0.2) is 4.79 Å². The van der Waals surface area contributed by atoms with E-state index < -0.39 is 6.09 Å². The number of carbonyl (C=O) groups excluding carboxylic acids is 2. The Morgan fingerprint density at radius 3 is 2.87 bits per heavy atom. The van der Waals surface area contributed by atoms with Crippen molar-refractivity contribution >= 4 is 12.0 Å². The van der Waals surface area contributed by atoms with Crippen molar-refractivity contribution < 1.29 is 18.8 Å². The molecule has 1 fully saturated rings. The van der Waals surface area contributed by atoms with Gasteiger partial charge in [0.15, 0.2) is 5.82 Å². The van der Waals surface area contributed by atoms with Crippen molar-refractivity contribution in [3.8, 4) is 11.5 Å². The highest BCUT2D eigenvalue weighted by Gasteiger charge is 2.23. The molecule has 0 saturated carbocycles. The lowest BCUT2D eigenvalue weighted by molar-refractivity contribution is -0.121. The summed E-state index contributed by atoms with van der Waals surface area (Å²) < 4.78 is 9.95. The quantitative estimate of drug-likeness (QED) is 0.848. The first-order valence-electron chi connectivity index (χ1n) is 7.29. The van der Waals surface area contributed by atoms with Crippen LogP contribution in [-0.4, -0.2) is 53.3 Å². The number of hydrogen-bond acceptors (Lipinski definition) is 6. The Morgan fingerprint density at radius 2 is 2.13 bits per heavy atom. The fourth-order valence-electron chi connectivity index (χ4n) is 2.17. The van der Waals surface area contributed by atoms with Crippen LogP contribution in [0.4, 0.5) is 4.79 Å². The summed E-state index contributed by atoms with van der Waals surface area (Å²) in [4.78, 5) is 28.6. The van der Waals surface area contributed by atoms with Crippen LogP contribution in [0.5, 0.6) is 0 Å². The van der Waals surface area contributed by atoms with Gasteiger partial charge in [0.25, 0.3) is 5.89 Å². The molecule has 120 valence electrons. The molecule has 1 N–H and O–H groups in total. The van der Waals surface area contributed by atoms with Gasteiger partial charge in [0.2, 0.25) is 5.91 Å². The molecule has 8 heteroatoms. The summed E-state index contributed by atoms with van der Waals surface area (Å²) >= 11 is 0. The minimum atomic E-state index is -0.453. The molecule has 8 nitrogen and oxygen atoms in total. The maximum absolute atomic E-state index is 11.7. The van der Waals surface area contributed by atoms with Crippen molar-refractivity contribution in [1.82, 2.24) is 20.4 Å². The molecule has 0 aliphatic carbocycles. The highest BCUT2D eigenvalue weighted by molar-refractivity contribution is 5.82. The lowest BCUT2D eigenvalue weighted by Gasteiger charge is -2.11. The molecule has 1 aromatic carbocycles. The molecule has 0 atom stereocenters. The summed E-state index contributed by atoms with van der Waals surface area (Å²) in [6, 6.07) is 9.46. The molecule has 0 bridgehead atoms. The zero-order valence-electron chi connectivity index (χ0n) is 12.4. The Bertz CT molecular complexity index is 686. The molecule has 0 spiro atoms. The third-order valence-electron chi connectivity index (χ3n) is 3.34. The van der Waals surface area contributed by atoms with Gasteiger partial charge in [0, 0.05) is 18.5 Å². The number of ether oxygens (including phenoxy) is 1. The number of aromatic nitrogens is 2. The molecule has 1 aliphatic rings. The topological polar surface area (TPSA) is 97.6 Å². The average molecular weight is 316 g/mol. The average Bonchev–Trinajstić information content (AvgIpc) is 3.18. The molecule has 1 aliphatic heterocycles. The standard InChI is InChI=1S/C15H16N4O4/c20-13(10-19-8-9-22-15(19)21)16-7-6-12-17-14(23-18-12)11-4-2-1-3-5-11/h1-5H,6-10H2,(H,16,20). The number of hydrogen-bond donors (Lipinski definition) is 1. The molecule has 2 aromatic rings. The van der Waals surface area contributed by atoms with Crippen molar-refractivity contribution in [3.63, 3.8) is 0 Å². The summed E-state index contributed by atoms with van der Waals surface area (Å²) in [7, 11) is 0. The second kappa shape index (κ2) is 6.91. The van der Waals surface area contributed by atoms with Crippen LogP contribution in [0.1, 0.15) is 5.82 Å². The highest BCUT2D eigenvalue weighted by atomic mass is 16.6. The zero-order chi connectivity index (χ0) is 16.1. The number of carbonyl (C=O) groups is 2. The fourth-order valence-corrected chi connectivity index (χ4v) is 2.17. The Balaban J connectivity index is 1.45. The SMILES string of the molecule is O=C(CN1CCOC1=O)NCCc1noc(-c2ccccc2)n1. The first-order valence-corrected chi connectivity index (χ1v) is 7.29. The maximum Gasteiger partial charge on any atom is 0.410 e. The molecule has 3 rings (SSSR count). The van der Waals surface area contributed by atoms with Gasteiger partial charge in [-0.2, -0.15) is 4.98 Å². The number of nitrogens with one attached hydrogen (secondary N) is 1. The number of benzene rings is 1. The Hall–Kier alpha value is -2.90. The summed E-state index contributed by atoms with van der Waals surface area (Å²) in [6.45, 7) is 1.14. The lowest BCUT2D eigenvalue weighted by Crippen LogP contribution is -2.38. The van der Waals surface area contributed by atoms with Gasteiger partial charge >= 0.3 is 6.09 Å². The molecule has 2 amide bonds. The normalized spacial score (nSPS) is 13.9. The van der Waals surface area contributed by atoms with Crippen molar-refractivity contribution in [1.29, 1.82) is 0 Å². The monoisotopic (exact) mass is 316 g/mol. The Morgan fingerprint density at radius 1 is 1.30 bits per heavy atom. The number of rotatable bonds is 6. The molecule has 1 saturated heterocycles. The minimum absolute atomic E-state index is 0.000340. The van der Waals surface area contributed by atoms with Crippen LogP contribution in [-0.2, 0) is 16.0 Å². The molecular formula is C15H16N4O4. The van der Waals surface area contributed by atoms with Gasteiger partial charge in [-0.3, -0.25) is 9.69 Å². The first-order chi connectivity index (χ1) is 11.2. The molecular weight excluding hydrogens is 300 g/mol. The van der Waals surface area contributed by atoms with Crippen molar-refractivity contribution in [2.45, 2.75) is 6.42 Å². The zero-order valence-corrected chi connectivity index (χ0v) is 12.4. The van der Waals surface area contributed by atoms with E-state index in [0.717, 1.165) is 5.56 Å². The number of cyclic esters (lactones) is 1. The predicted octanol–water partition coefficient (Wildman–Crippen LogP) is 0.848. The van der Waals surface area contributed by atoms with Gasteiger partial charge in [0.1, 0.15) is 13.2 Å². The van der Waals surface area contributed by atoms with E-state index in [9.17, 15) is 9.59 Å². The number of nitrogens with zero attached hydrogens (tertiary/aromatic N) is 3. The van der Waals surface area contributed by atoms with E-state index in [1.54, 1.807) is 0 Å². The summed E-state index contributed by atoms with van der Waals surface area (Å²) in [5, 5.41) is 6.60. The van der Waals surface area contributed by atoms with Crippen LogP contribution in [0.25, 0.3) is 11.5 Å². The lowest BCUT2D eigenvalue weighted by atomic mass is 10.2. The summed E-state index contributed by atoms with van der Waals surface area (Å²) in [5.41, 5.74) is 0.850. The first kappa shape index (κ1) is 15.0. The van der Waals surface area contributed by atoms with E-state index in [4.69, 9.17) is 9.26 Å². The molecule has 2 heterocycles. The van der Waals surface area contributed by atoms with Gasteiger partial charge < -0.3 is 14.6 Å². The molecule has 0 radical (unpaired) electrons. The predicted molar refractivity (Wildman–Crippen MR) is 79.4 cm³/mol. The van der Waals surface area contributed by atoms with Gasteiger partial charge in [-0.15, -0.1) is 0 Å². The van der Waals surface area contributed by atoms with Crippen molar-refractivity contribution in [2.75, 3.05) is 26.2 Å². The van der Waals surface area contributed by atoms with Crippen LogP contribution in [0.15, 0.2) is 34.9 Å². The summed E-state index contributed by atoms with van der Waals surface area (Å²) in [6.07, 6.45) is -0.00203. The van der Waals surface area contributed by atoms with Crippen LogP contribution in [0, 0.1) is 0 Å². The second-order valence-corrected chi connectivity index (χ2v) is 5.02. The van der Waals surface area contributed by atoms with E-state index in [1.165, 1.54) is 4.90 Å². The fraction of sp³-hybridized carbons (Fsp3) is 0.333. The van der Waals surface area contributed by atoms with E-state index >= 15 is 0 Å². The van der Waals surface area contributed by atoms with Crippen LogP contribution in [0.2, 0.25) is 0 Å². The Labute approximate surface area is 132 Å². The minimum Gasteiger partial charge on any atom is -0.448 e. The van der Waals surface area contributed by atoms with Gasteiger partial charge in [-0.05, 0) is 12.1 Å². The third-order valence-corrected chi connectivity index (χ3v) is 3.34. The summed E-state index contributed by atoms with van der Waals surface area (Å²) in [5.74, 6) is 0.729. The van der Waals surface area contributed by atoms with Gasteiger partial charge in [0.05, 0.1) is 6.54 Å². The highest BCUT2D eigenvalue weighted by Crippen LogP contribution is 2.15. The smallest absolute Gasteiger partial charge is 0.410 e. The molecule has 23 heavy (non-hydrogen) atoms. The van der Waals surface area contributed by atoms with E-state index in [-0.39, 0.29) is 12.5 Å². The Kier molecular flexibility index (Phi) is 4.51. The third kappa shape index (κ3) is 3.85.